The van der Waals surface area contributed by atoms with Crippen LogP contribution in [0.3, 0.4) is 0 Å². The van der Waals surface area contributed by atoms with Gasteiger partial charge in [-0.15, -0.1) is 12.4 Å². The molecular formula is C13H19Cl3N2O. The summed E-state index contributed by atoms with van der Waals surface area (Å²) < 4.78 is 5.69. The van der Waals surface area contributed by atoms with E-state index < -0.39 is 0 Å². The van der Waals surface area contributed by atoms with Crippen molar-refractivity contribution in [2.75, 3.05) is 32.8 Å². The van der Waals surface area contributed by atoms with E-state index in [1.165, 1.54) is 0 Å². The lowest BCUT2D eigenvalue weighted by molar-refractivity contribution is 0.143. The third-order valence-corrected chi connectivity index (χ3v) is 3.70. The first-order chi connectivity index (χ1) is 8.66. The number of halogens is 3. The van der Waals surface area contributed by atoms with Crippen molar-refractivity contribution >= 4 is 35.6 Å². The molecule has 1 fully saturated rings. The van der Waals surface area contributed by atoms with Crippen molar-refractivity contribution in [1.29, 1.82) is 0 Å². The van der Waals surface area contributed by atoms with E-state index in [-0.39, 0.29) is 12.4 Å². The van der Waals surface area contributed by atoms with Gasteiger partial charge in [0.2, 0.25) is 0 Å². The lowest BCUT2D eigenvalue weighted by Crippen LogP contribution is -2.50. The van der Waals surface area contributed by atoms with Crippen molar-refractivity contribution in [3.8, 4) is 5.75 Å². The minimum Gasteiger partial charge on any atom is -0.491 e. The van der Waals surface area contributed by atoms with Crippen LogP contribution in [0.25, 0.3) is 0 Å². The van der Waals surface area contributed by atoms with Gasteiger partial charge in [-0.3, -0.25) is 4.90 Å². The molecule has 19 heavy (non-hydrogen) atoms. The van der Waals surface area contributed by atoms with Gasteiger partial charge in [0.1, 0.15) is 12.4 Å². The van der Waals surface area contributed by atoms with Crippen LogP contribution in [0.4, 0.5) is 0 Å². The van der Waals surface area contributed by atoms with Gasteiger partial charge in [-0.25, -0.2) is 0 Å². The number of benzene rings is 1. The normalized spacial score (nSPS) is 19.8. The molecule has 0 amide bonds. The molecule has 1 saturated heterocycles. The molecule has 0 unspecified atom stereocenters. The van der Waals surface area contributed by atoms with Gasteiger partial charge in [0.05, 0.1) is 5.02 Å². The Morgan fingerprint density at radius 3 is 2.89 bits per heavy atom. The molecule has 0 bridgehead atoms. The van der Waals surface area contributed by atoms with Crippen LogP contribution in [-0.4, -0.2) is 43.7 Å². The van der Waals surface area contributed by atoms with Gasteiger partial charge >= 0.3 is 0 Å². The van der Waals surface area contributed by atoms with Crippen LogP contribution in [0.5, 0.6) is 5.75 Å². The van der Waals surface area contributed by atoms with Crippen molar-refractivity contribution in [2.45, 2.75) is 13.0 Å². The predicted octanol–water partition coefficient (Wildman–Crippen LogP) is 3.09. The fourth-order valence-electron chi connectivity index (χ4n) is 2.08. The van der Waals surface area contributed by atoms with Gasteiger partial charge in [-0.2, -0.15) is 0 Å². The molecule has 0 spiro atoms. The Hall–Kier alpha value is -0.190. The van der Waals surface area contributed by atoms with Gasteiger partial charge in [-0.1, -0.05) is 23.2 Å². The minimum absolute atomic E-state index is 0. The quantitative estimate of drug-likeness (QED) is 0.920. The van der Waals surface area contributed by atoms with Crippen LogP contribution in [0.2, 0.25) is 10.0 Å². The Kier molecular flexibility index (Phi) is 7.26. The zero-order valence-corrected chi connectivity index (χ0v) is 13.2. The maximum Gasteiger partial charge on any atom is 0.138 e. The summed E-state index contributed by atoms with van der Waals surface area (Å²) in [6.45, 7) is 6.95. The lowest BCUT2D eigenvalue weighted by Gasteiger charge is -2.33. The minimum atomic E-state index is 0. The third kappa shape index (κ3) is 5.01. The van der Waals surface area contributed by atoms with E-state index in [2.05, 4.69) is 17.1 Å². The smallest absolute Gasteiger partial charge is 0.138 e. The third-order valence-electron chi connectivity index (χ3n) is 3.17. The standard InChI is InChI=1S/C13H18Cl2N2O.ClH/c1-10-9-16-4-5-17(10)6-7-18-13-3-2-11(14)8-12(13)15;/h2-3,8,10,16H,4-7,9H2,1H3;1H/t10-;/m0./s1. The summed E-state index contributed by atoms with van der Waals surface area (Å²) in [5.74, 6) is 0.698. The molecule has 6 heteroatoms. The average molecular weight is 326 g/mol. The van der Waals surface area contributed by atoms with E-state index in [0.717, 1.165) is 26.2 Å². The van der Waals surface area contributed by atoms with Crippen molar-refractivity contribution in [3.63, 3.8) is 0 Å². The van der Waals surface area contributed by atoms with Crippen molar-refractivity contribution in [3.05, 3.63) is 28.2 Å². The summed E-state index contributed by atoms with van der Waals surface area (Å²) in [5.41, 5.74) is 0. The van der Waals surface area contributed by atoms with Gasteiger partial charge in [-0.05, 0) is 25.1 Å². The second-order valence-electron chi connectivity index (χ2n) is 4.51. The lowest BCUT2D eigenvalue weighted by atomic mass is 10.2. The van der Waals surface area contributed by atoms with Crippen LogP contribution >= 0.6 is 35.6 Å². The first kappa shape index (κ1) is 16.9. The maximum absolute atomic E-state index is 6.05. The summed E-state index contributed by atoms with van der Waals surface area (Å²) >= 11 is 11.9. The Morgan fingerprint density at radius 2 is 2.21 bits per heavy atom. The van der Waals surface area contributed by atoms with Crippen molar-refractivity contribution in [2.24, 2.45) is 0 Å². The van der Waals surface area contributed by atoms with E-state index in [1.54, 1.807) is 12.1 Å². The largest absolute Gasteiger partial charge is 0.491 e. The molecule has 3 nitrogen and oxygen atoms in total. The fraction of sp³-hybridized carbons (Fsp3) is 0.538. The number of nitrogens with one attached hydrogen (secondary N) is 1. The van der Waals surface area contributed by atoms with E-state index in [1.807, 2.05) is 6.07 Å². The maximum atomic E-state index is 6.05. The highest BCUT2D eigenvalue weighted by Crippen LogP contribution is 2.27. The molecule has 108 valence electrons. The Balaban J connectivity index is 0.00000180. The molecule has 0 aromatic heterocycles. The molecule has 2 rings (SSSR count). The zero-order valence-electron chi connectivity index (χ0n) is 10.9. The molecule has 0 aliphatic carbocycles. The van der Waals surface area contributed by atoms with E-state index in [0.29, 0.717) is 28.4 Å². The number of piperazine rings is 1. The van der Waals surface area contributed by atoms with Crippen LogP contribution in [-0.2, 0) is 0 Å². The second kappa shape index (κ2) is 8.18. The Labute approximate surface area is 130 Å². The molecule has 1 aliphatic heterocycles. The van der Waals surface area contributed by atoms with Gasteiger partial charge in [0.15, 0.2) is 0 Å². The summed E-state index contributed by atoms with van der Waals surface area (Å²) in [7, 11) is 0. The van der Waals surface area contributed by atoms with Crippen LogP contribution in [0.15, 0.2) is 18.2 Å². The fourth-order valence-corrected chi connectivity index (χ4v) is 2.54. The summed E-state index contributed by atoms with van der Waals surface area (Å²) in [4.78, 5) is 2.42. The highest BCUT2D eigenvalue weighted by atomic mass is 35.5. The average Bonchev–Trinajstić information content (AvgIpc) is 2.34. The van der Waals surface area contributed by atoms with Crippen LogP contribution in [0.1, 0.15) is 6.92 Å². The topological polar surface area (TPSA) is 24.5 Å². The second-order valence-corrected chi connectivity index (χ2v) is 5.36. The van der Waals surface area contributed by atoms with Crippen LogP contribution < -0.4 is 10.1 Å². The summed E-state index contributed by atoms with van der Waals surface area (Å²) in [5, 5.41) is 4.56. The van der Waals surface area contributed by atoms with E-state index in [4.69, 9.17) is 27.9 Å². The molecule has 1 heterocycles. The highest BCUT2D eigenvalue weighted by molar-refractivity contribution is 6.35. The zero-order chi connectivity index (χ0) is 13.0. The van der Waals surface area contributed by atoms with Gasteiger partial charge in [0, 0.05) is 37.2 Å². The molecule has 0 saturated carbocycles. The van der Waals surface area contributed by atoms with Crippen LogP contribution in [0, 0.1) is 0 Å². The van der Waals surface area contributed by atoms with E-state index >= 15 is 0 Å². The van der Waals surface area contributed by atoms with E-state index in [9.17, 15) is 0 Å². The first-order valence-electron chi connectivity index (χ1n) is 6.19. The predicted molar refractivity (Wildman–Crippen MR) is 83.1 cm³/mol. The molecule has 1 N–H and O–H groups in total. The molecule has 1 aromatic carbocycles. The number of hydrogen-bond donors (Lipinski definition) is 1. The molecule has 1 atom stereocenters. The summed E-state index contributed by atoms with van der Waals surface area (Å²) in [6.07, 6.45) is 0. The number of ether oxygens (including phenoxy) is 1. The van der Waals surface area contributed by atoms with Gasteiger partial charge in [0.25, 0.3) is 0 Å². The number of rotatable bonds is 4. The summed E-state index contributed by atoms with van der Waals surface area (Å²) in [6, 6.07) is 5.86. The molecular weight excluding hydrogens is 307 g/mol. The Bertz CT molecular complexity index is 403. The van der Waals surface area contributed by atoms with Gasteiger partial charge < -0.3 is 10.1 Å². The number of hydrogen-bond acceptors (Lipinski definition) is 3. The highest BCUT2D eigenvalue weighted by Gasteiger charge is 2.17. The molecule has 1 aliphatic rings. The monoisotopic (exact) mass is 324 g/mol. The van der Waals surface area contributed by atoms with Crippen molar-refractivity contribution in [1.82, 2.24) is 10.2 Å². The number of nitrogens with zero attached hydrogens (tertiary/aromatic N) is 1. The first-order valence-corrected chi connectivity index (χ1v) is 6.95. The molecule has 1 aromatic rings. The van der Waals surface area contributed by atoms with Crippen molar-refractivity contribution < 1.29 is 4.74 Å². The molecule has 0 radical (unpaired) electrons. The SMILES string of the molecule is C[C@H]1CNCCN1CCOc1ccc(Cl)cc1Cl.Cl. The Morgan fingerprint density at radius 1 is 1.42 bits per heavy atom.